The molecule has 0 aliphatic carbocycles. The molecule has 0 aliphatic rings. The number of aliphatic hydroxyl groups excluding tert-OH is 1. The third-order valence-electron chi connectivity index (χ3n) is 3.21. The first-order chi connectivity index (χ1) is 9.58. The Morgan fingerprint density at radius 1 is 1.40 bits per heavy atom. The minimum Gasteiger partial charge on any atom is -0.387 e. The first kappa shape index (κ1) is 15.6. The van der Waals surface area contributed by atoms with Crippen molar-refractivity contribution in [2.45, 2.75) is 52.7 Å². The highest BCUT2D eigenvalue weighted by atomic mass is 79.9. The first-order valence-electron chi connectivity index (χ1n) is 6.79. The number of rotatable bonds is 6. The predicted molar refractivity (Wildman–Crippen MR) is 82.9 cm³/mol. The van der Waals surface area contributed by atoms with Crippen LogP contribution in [0.5, 0.6) is 0 Å². The van der Waals surface area contributed by atoms with Crippen molar-refractivity contribution in [1.29, 1.82) is 0 Å². The molecule has 1 N–H and O–H groups in total. The summed E-state index contributed by atoms with van der Waals surface area (Å²) < 4.78 is 6.88. The fourth-order valence-electron chi connectivity index (χ4n) is 2.22. The highest BCUT2D eigenvalue weighted by Crippen LogP contribution is 2.29. The standard InChI is InChI=1S/C13H19BrN4OS/c1-4-6-9-13(20-17-15-9)11(19)7-10-12(14)8(3)16-18(10)5-2/h11,19H,4-7H2,1-3H3. The Bertz CT molecular complexity index is 581. The quantitative estimate of drug-likeness (QED) is 0.861. The summed E-state index contributed by atoms with van der Waals surface area (Å²) in [6, 6.07) is 0. The zero-order valence-corrected chi connectivity index (χ0v) is 14.3. The van der Waals surface area contributed by atoms with Crippen molar-refractivity contribution in [3.8, 4) is 0 Å². The highest BCUT2D eigenvalue weighted by Gasteiger charge is 2.21. The van der Waals surface area contributed by atoms with Crippen molar-refractivity contribution in [1.82, 2.24) is 19.4 Å². The van der Waals surface area contributed by atoms with Crippen LogP contribution < -0.4 is 0 Å². The summed E-state index contributed by atoms with van der Waals surface area (Å²) in [7, 11) is 0. The average molecular weight is 359 g/mol. The molecule has 0 fully saturated rings. The molecule has 5 nitrogen and oxygen atoms in total. The number of nitrogens with zero attached hydrogens (tertiary/aromatic N) is 4. The van der Waals surface area contributed by atoms with E-state index >= 15 is 0 Å². The molecule has 0 aromatic carbocycles. The SMILES string of the molecule is CCCc1nnsc1C(O)Cc1c(Br)c(C)nn1CC. The fraction of sp³-hybridized carbons (Fsp3) is 0.615. The molecule has 2 aromatic heterocycles. The van der Waals surface area contributed by atoms with Gasteiger partial charge >= 0.3 is 0 Å². The van der Waals surface area contributed by atoms with Crippen LogP contribution >= 0.6 is 27.5 Å². The molecule has 0 bridgehead atoms. The van der Waals surface area contributed by atoms with Crippen LogP contribution in [0.1, 0.15) is 48.3 Å². The molecule has 2 aromatic rings. The van der Waals surface area contributed by atoms with Crippen molar-refractivity contribution in [2.75, 3.05) is 0 Å². The second-order valence-electron chi connectivity index (χ2n) is 4.72. The van der Waals surface area contributed by atoms with Gasteiger partial charge in [0.05, 0.1) is 32.5 Å². The largest absolute Gasteiger partial charge is 0.387 e. The molecule has 110 valence electrons. The number of hydrogen-bond donors (Lipinski definition) is 1. The van der Waals surface area contributed by atoms with Crippen molar-refractivity contribution in [2.24, 2.45) is 0 Å². The van der Waals surface area contributed by atoms with Crippen LogP contribution in [-0.2, 0) is 19.4 Å². The van der Waals surface area contributed by atoms with Crippen LogP contribution in [0.15, 0.2) is 4.47 Å². The van der Waals surface area contributed by atoms with Crippen molar-refractivity contribution in [3.05, 3.63) is 26.4 Å². The smallest absolute Gasteiger partial charge is 0.0972 e. The van der Waals surface area contributed by atoms with E-state index < -0.39 is 6.10 Å². The van der Waals surface area contributed by atoms with Crippen LogP contribution in [0.4, 0.5) is 0 Å². The Balaban J connectivity index is 2.23. The number of halogens is 1. The van der Waals surface area contributed by atoms with Crippen molar-refractivity contribution in [3.63, 3.8) is 0 Å². The Hall–Kier alpha value is -0.790. The molecule has 0 saturated heterocycles. The summed E-state index contributed by atoms with van der Waals surface area (Å²) in [5.74, 6) is 0. The molecule has 7 heteroatoms. The zero-order chi connectivity index (χ0) is 14.7. The molecule has 0 aliphatic heterocycles. The van der Waals surface area contributed by atoms with Gasteiger partial charge in [-0.25, -0.2) is 0 Å². The first-order valence-corrected chi connectivity index (χ1v) is 8.36. The lowest BCUT2D eigenvalue weighted by molar-refractivity contribution is 0.177. The Labute approximate surface area is 131 Å². The van der Waals surface area contributed by atoms with E-state index in [4.69, 9.17) is 0 Å². The monoisotopic (exact) mass is 358 g/mol. The summed E-state index contributed by atoms with van der Waals surface area (Å²) in [5, 5.41) is 19.1. The van der Waals surface area contributed by atoms with Gasteiger partial charge in [0.2, 0.25) is 0 Å². The summed E-state index contributed by atoms with van der Waals surface area (Å²) >= 11 is 4.85. The minimum atomic E-state index is -0.575. The van der Waals surface area contributed by atoms with Gasteiger partial charge in [-0.05, 0) is 47.7 Å². The van der Waals surface area contributed by atoms with E-state index in [1.165, 1.54) is 11.5 Å². The number of hydrogen-bond acceptors (Lipinski definition) is 5. The zero-order valence-electron chi connectivity index (χ0n) is 11.9. The third kappa shape index (κ3) is 3.10. The maximum Gasteiger partial charge on any atom is 0.0972 e. The molecule has 0 saturated carbocycles. The molecule has 20 heavy (non-hydrogen) atoms. The molecule has 2 heterocycles. The highest BCUT2D eigenvalue weighted by molar-refractivity contribution is 9.10. The topological polar surface area (TPSA) is 63.8 Å². The molecule has 0 amide bonds. The summed E-state index contributed by atoms with van der Waals surface area (Å²) in [5.41, 5.74) is 2.89. The van der Waals surface area contributed by atoms with Crippen LogP contribution in [0.2, 0.25) is 0 Å². The Morgan fingerprint density at radius 3 is 2.80 bits per heavy atom. The van der Waals surface area contributed by atoms with Gasteiger partial charge in [0.1, 0.15) is 0 Å². The molecule has 1 atom stereocenters. The van der Waals surface area contributed by atoms with E-state index in [0.29, 0.717) is 6.42 Å². The van der Waals surface area contributed by atoms with Gasteiger partial charge in [0.25, 0.3) is 0 Å². The fourth-order valence-corrected chi connectivity index (χ4v) is 3.35. The van der Waals surface area contributed by atoms with Crippen LogP contribution in [0.25, 0.3) is 0 Å². The number of aliphatic hydroxyl groups is 1. The molecular formula is C13H19BrN4OS. The second kappa shape index (κ2) is 6.78. The maximum absolute atomic E-state index is 10.5. The van der Waals surface area contributed by atoms with E-state index in [2.05, 4.69) is 37.5 Å². The van der Waals surface area contributed by atoms with Crippen molar-refractivity contribution < 1.29 is 5.11 Å². The van der Waals surface area contributed by atoms with Crippen LogP contribution in [-0.4, -0.2) is 24.5 Å². The van der Waals surface area contributed by atoms with E-state index in [0.717, 1.165) is 45.8 Å². The summed E-state index contributed by atoms with van der Waals surface area (Å²) in [6.07, 6.45) is 1.81. The molecular weight excluding hydrogens is 340 g/mol. The van der Waals surface area contributed by atoms with Gasteiger partial charge < -0.3 is 5.11 Å². The number of aryl methyl sites for hydroxylation is 3. The van der Waals surface area contributed by atoms with Gasteiger partial charge in [-0.2, -0.15) is 5.10 Å². The summed E-state index contributed by atoms with van der Waals surface area (Å²) in [4.78, 5) is 0.875. The van der Waals surface area contributed by atoms with Crippen LogP contribution in [0, 0.1) is 6.92 Å². The van der Waals surface area contributed by atoms with Gasteiger partial charge in [0, 0.05) is 13.0 Å². The lowest BCUT2D eigenvalue weighted by atomic mass is 10.1. The average Bonchev–Trinajstić information content (AvgIpc) is 2.99. The molecule has 2 rings (SSSR count). The number of aromatic nitrogens is 4. The Morgan fingerprint density at radius 2 is 2.15 bits per heavy atom. The molecule has 0 radical (unpaired) electrons. The van der Waals surface area contributed by atoms with E-state index in [1.54, 1.807) is 0 Å². The van der Waals surface area contributed by atoms with E-state index in [1.807, 2.05) is 18.5 Å². The van der Waals surface area contributed by atoms with E-state index in [9.17, 15) is 5.11 Å². The Kier molecular flexibility index (Phi) is 5.29. The lowest BCUT2D eigenvalue weighted by Crippen LogP contribution is -2.09. The second-order valence-corrected chi connectivity index (χ2v) is 6.29. The minimum absolute atomic E-state index is 0.524. The lowest BCUT2D eigenvalue weighted by Gasteiger charge is -2.11. The molecule has 0 spiro atoms. The van der Waals surface area contributed by atoms with Crippen LogP contribution in [0.3, 0.4) is 0 Å². The van der Waals surface area contributed by atoms with Crippen molar-refractivity contribution >= 4 is 27.5 Å². The van der Waals surface area contributed by atoms with Gasteiger partial charge in [-0.3, -0.25) is 4.68 Å². The van der Waals surface area contributed by atoms with E-state index in [-0.39, 0.29) is 0 Å². The maximum atomic E-state index is 10.5. The van der Waals surface area contributed by atoms with Gasteiger partial charge in [0.15, 0.2) is 0 Å². The normalized spacial score (nSPS) is 12.8. The van der Waals surface area contributed by atoms with Gasteiger partial charge in [-0.1, -0.05) is 17.8 Å². The molecule has 1 unspecified atom stereocenters. The summed E-state index contributed by atoms with van der Waals surface area (Å²) in [6.45, 7) is 6.90. The third-order valence-corrected chi connectivity index (χ3v) is 5.11. The van der Waals surface area contributed by atoms with Gasteiger partial charge in [-0.15, -0.1) is 5.10 Å². The predicted octanol–water partition coefficient (Wildman–Crippen LogP) is 3.05.